The van der Waals surface area contributed by atoms with Crippen LogP contribution in [0, 0.1) is 0 Å². The summed E-state index contributed by atoms with van der Waals surface area (Å²) in [5, 5.41) is 3.26. The summed E-state index contributed by atoms with van der Waals surface area (Å²) in [6.45, 7) is 0. The fraction of sp³-hybridized carbons (Fsp3) is 0. The Labute approximate surface area is 124 Å². The van der Waals surface area contributed by atoms with Gasteiger partial charge >= 0.3 is 0 Å². The number of carbonyl (C=O) groups is 1. The Kier molecular flexibility index (Phi) is 4.32. The maximum atomic E-state index is 12.1. The Morgan fingerprint density at radius 2 is 1.94 bits per heavy atom. The molecule has 2 rings (SSSR count). The average Bonchev–Trinajstić information content (AvgIpc) is 2.35. The van der Waals surface area contributed by atoms with Crippen LogP contribution in [0.1, 0.15) is 10.4 Å². The van der Waals surface area contributed by atoms with Gasteiger partial charge < -0.3 is 5.32 Å². The molecule has 0 spiro atoms. The van der Waals surface area contributed by atoms with E-state index >= 15 is 0 Å². The van der Waals surface area contributed by atoms with Crippen LogP contribution in [-0.2, 0) is 0 Å². The zero-order chi connectivity index (χ0) is 13.1. The molecule has 0 heterocycles. The first kappa shape index (κ1) is 13.5. The van der Waals surface area contributed by atoms with Gasteiger partial charge in [-0.25, -0.2) is 0 Å². The van der Waals surface area contributed by atoms with Crippen LogP contribution in [0.25, 0.3) is 0 Å². The lowest BCUT2D eigenvalue weighted by atomic mass is 10.2. The molecule has 0 bridgehead atoms. The number of nitrogens with one attached hydrogen (secondary N) is 1. The molecule has 92 valence electrons. The molecule has 0 saturated heterocycles. The largest absolute Gasteiger partial charge is 0.321 e. The third-order valence-electron chi connectivity index (χ3n) is 2.32. The number of halogens is 2. The molecule has 0 aliphatic carbocycles. The standard InChI is InChI=1S/C13H9BrClNOS/c14-10-6-5-8(18)7-9(10)13(17)16-12-4-2-1-3-11(12)15/h1-7,18H,(H,16,17). The first-order valence-electron chi connectivity index (χ1n) is 5.12. The number of benzene rings is 2. The second-order valence-electron chi connectivity index (χ2n) is 3.60. The normalized spacial score (nSPS) is 10.2. The number of amides is 1. The van der Waals surface area contributed by atoms with Gasteiger partial charge in [-0.15, -0.1) is 12.6 Å². The van der Waals surface area contributed by atoms with Crippen molar-refractivity contribution in [2.24, 2.45) is 0 Å². The number of carbonyl (C=O) groups excluding carboxylic acids is 1. The molecule has 0 aliphatic rings. The van der Waals surface area contributed by atoms with E-state index in [-0.39, 0.29) is 5.91 Å². The Bertz CT molecular complexity index is 603. The van der Waals surface area contributed by atoms with Crippen molar-refractivity contribution in [3.8, 4) is 0 Å². The molecular weight excluding hydrogens is 334 g/mol. The lowest BCUT2D eigenvalue weighted by molar-refractivity contribution is 0.102. The molecule has 1 amide bonds. The van der Waals surface area contributed by atoms with E-state index in [0.29, 0.717) is 20.7 Å². The van der Waals surface area contributed by atoms with Gasteiger partial charge in [0.25, 0.3) is 5.91 Å². The first-order valence-corrected chi connectivity index (χ1v) is 6.74. The van der Waals surface area contributed by atoms with Gasteiger partial charge in [-0.3, -0.25) is 4.79 Å². The van der Waals surface area contributed by atoms with E-state index in [1.54, 1.807) is 30.3 Å². The number of anilines is 1. The summed E-state index contributed by atoms with van der Waals surface area (Å²) in [6, 6.07) is 12.4. The van der Waals surface area contributed by atoms with Crippen LogP contribution in [0.2, 0.25) is 5.02 Å². The van der Waals surface area contributed by atoms with Crippen LogP contribution in [0.3, 0.4) is 0 Å². The van der Waals surface area contributed by atoms with E-state index in [4.69, 9.17) is 11.6 Å². The number of thiol groups is 1. The third kappa shape index (κ3) is 3.07. The predicted octanol–water partition coefficient (Wildman–Crippen LogP) is 4.64. The summed E-state index contributed by atoms with van der Waals surface area (Å²) in [7, 11) is 0. The van der Waals surface area contributed by atoms with Crippen LogP contribution < -0.4 is 5.32 Å². The average molecular weight is 343 g/mol. The topological polar surface area (TPSA) is 29.1 Å². The van der Waals surface area contributed by atoms with Gasteiger partial charge in [0, 0.05) is 9.37 Å². The fourth-order valence-corrected chi connectivity index (χ4v) is 2.25. The molecule has 2 nitrogen and oxygen atoms in total. The van der Waals surface area contributed by atoms with Crippen molar-refractivity contribution in [1.82, 2.24) is 0 Å². The van der Waals surface area contributed by atoms with Crippen LogP contribution in [0.15, 0.2) is 51.8 Å². The summed E-state index contributed by atoms with van der Waals surface area (Å²) < 4.78 is 0.713. The molecule has 0 atom stereocenters. The predicted molar refractivity (Wildman–Crippen MR) is 80.8 cm³/mol. The molecular formula is C13H9BrClNOS. The molecule has 18 heavy (non-hydrogen) atoms. The molecule has 0 aromatic heterocycles. The number of hydrogen-bond acceptors (Lipinski definition) is 2. The minimum Gasteiger partial charge on any atom is -0.321 e. The van der Waals surface area contributed by atoms with Gasteiger partial charge in [0.15, 0.2) is 0 Å². The fourth-order valence-electron chi connectivity index (χ4n) is 1.44. The molecule has 0 aliphatic heterocycles. The van der Waals surface area contributed by atoms with Crippen molar-refractivity contribution in [3.63, 3.8) is 0 Å². The van der Waals surface area contributed by atoms with E-state index in [2.05, 4.69) is 33.9 Å². The maximum absolute atomic E-state index is 12.1. The molecule has 0 radical (unpaired) electrons. The van der Waals surface area contributed by atoms with Crippen molar-refractivity contribution >= 4 is 51.8 Å². The highest BCUT2D eigenvalue weighted by molar-refractivity contribution is 9.10. The van der Waals surface area contributed by atoms with Crippen molar-refractivity contribution in [3.05, 3.63) is 57.5 Å². The lowest BCUT2D eigenvalue weighted by Crippen LogP contribution is -2.12. The van der Waals surface area contributed by atoms with Crippen LogP contribution in [0.4, 0.5) is 5.69 Å². The van der Waals surface area contributed by atoms with Crippen molar-refractivity contribution in [1.29, 1.82) is 0 Å². The first-order chi connectivity index (χ1) is 8.58. The minimum absolute atomic E-state index is 0.231. The molecule has 0 unspecified atom stereocenters. The summed E-state index contributed by atoms with van der Waals surface area (Å²) in [6.07, 6.45) is 0. The van der Waals surface area contributed by atoms with Gasteiger partial charge in [0.2, 0.25) is 0 Å². The monoisotopic (exact) mass is 341 g/mol. The molecule has 1 N–H and O–H groups in total. The highest BCUT2D eigenvalue weighted by Crippen LogP contribution is 2.24. The maximum Gasteiger partial charge on any atom is 0.256 e. The van der Waals surface area contributed by atoms with Crippen molar-refractivity contribution < 1.29 is 4.79 Å². The van der Waals surface area contributed by atoms with Gasteiger partial charge in [0.1, 0.15) is 0 Å². The van der Waals surface area contributed by atoms with E-state index < -0.39 is 0 Å². The van der Waals surface area contributed by atoms with E-state index in [9.17, 15) is 4.79 Å². The van der Waals surface area contributed by atoms with E-state index in [1.165, 1.54) is 0 Å². The molecule has 0 fully saturated rings. The second-order valence-corrected chi connectivity index (χ2v) is 5.38. The number of para-hydroxylation sites is 1. The smallest absolute Gasteiger partial charge is 0.256 e. The number of hydrogen-bond donors (Lipinski definition) is 2. The van der Waals surface area contributed by atoms with Gasteiger partial charge in [-0.05, 0) is 46.3 Å². The van der Waals surface area contributed by atoms with Crippen molar-refractivity contribution in [2.45, 2.75) is 4.90 Å². The second kappa shape index (κ2) is 5.78. The quantitative estimate of drug-likeness (QED) is 0.765. The summed E-state index contributed by atoms with van der Waals surface area (Å²) in [5.74, 6) is -0.231. The highest BCUT2D eigenvalue weighted by Gasteiger charge is 2.11. The highest BCUT2D eigenvalue weighted by atomic mass is 79.9. The van der Waals surface area contributed by atoms with E-state index in [0.717, 1.165) is 4.90 Å². The van der Waals surface area contributed by atoms with Gasteiger partial charge in [0.05, 0.1) is 16.3 Å². The number of rotatable bonds is 2. The van der Waals surface area contributed by atoms with Crippen LogP contribution in [0.5, 0.6) is 0 Å². The minimum atomic E-state index is -0.231. The summed E-state index contributed by atoms with van der Waals surface area (Å²) >= 11 is 13.5. The SMILES string of the molecule is O=C(Nc1ccccc1Cl)c1cc(S)ccc1Br. The Hall–Kier alpha value is -0.970. The Morgan fingerprint density at radius 1 is 1.22 bits per heavy atom. The molecule has 5 heteroatoms. The third-order valence-corrected chi connectivity index (χ3v) is 3.62. The Balaban J connectivity index is 2.28. The lowest BCUT2D eigenvalue weighted by Gasteiger charge is -2.08. The van der Waals surface area contributed by atoms with Crippen molar-refractivity contribution in [2.75, 3.05) is 5.32 Å². The van der Waals surface area contributed by atoms with E-state index in [1.807, 2.05) is 12.1 Å². The summed E-state index contributed by atoms with van der Waals surface area (Å²) in [4.78, 5) is 12.8. The van der Waals surface area contributed by atoms with Crippen LogP contribution in [-0.4, -0.2) is 5.91 Å². The molecule has 2 aromatic carbocycles. The zero-order valence-corrected chi connectivity index (χ0v) is 12.4. The van der Waals surface area contributed by atoms with Crippen LogP contribution >= 0.6 is 40.2 Å². The van der Waals surface area contributed by atoms with Gasteiger partial charge in [-0.1, -0.05) is 23.7 Å². The summed E-state index contributed by atoms with van der Waals surface area (Å²) in [5.41, 5.74) is 1.10. The zero-order valence-electron chi connectivity index (χ0n) is 9.15. The van der Waals surface area contributed by atoms with Gasteiger partial charge in [-0.2, -0.15) is 0 Å². The Morgan fingerprint density at radius 3 is 2.67 bits per heavy atom. The molecule has 2 aromatic rings. The molecule has 0 saturated carbocycles.